The van der Waals surface area contributed by atoms with Crippen LogP contribution in [0.5, 0.6) is 0 Å². The summed E-state index contributed by atoms with van der Waals surface area (Å²) >= 11 is 5.70. The van der Waals surface area contributed by atoms with Gasteiger partial charge in [-0.15, -0.1) is 0 Å². The Labute approximate surface area is 161 Å². The van der Waals surface area contributed by atoms with Gasteiger partial charge in [0.25, 0.3) is 10.0 Å². The Bertz CT molecular complexity index is 1010. The van der Waals surface area contributed by atoms with Gasteiger partial charge in [-0.3, -0.25) is 10.1 Å². The first kappa shape index (κ1) is 21.4. The van der Waals surface area contributed by atoms with E-state index in [-0.39, 0.29) is 11.1 Å². The van der Waals surface area contributed by atoms with Crippen LogP contribution in [0.15, 0.2) is 35.2 Å². The fourth-order valence-electron chi connectivity index (χ4n) is 1.89. The second-order valence-corrected chi connectivity index (χ2v) is 7.20. The van der Waals surface area contributed by atoms with E-state index in [0.717, 1.165) is 12.1 Å². The van der Waals surface area contributed by atoms with Crippen LogP contribution in [0, 0.1) is 6.92 Å². The molecular formula is C14H11ClF3N5O4S. The molecule has 0 atom stereocenters. The maximum absolute atomic E-state index is 12.4. The summed E-state index contributed by atoms with van der Waals surface area (Å²) in [6.07, 6.45) is -5.23. The normalized spacial score (nSPS) is 11.6. The molecule has 0 saturated heterocycles. The number of anilines is 2. The van der Waals surface area contributed by atoms with E-state index in [1.54, 1.807) is 11.6 Å². The van der Waals surface area contributed by atoms with Crippen molar-refractivity contribution >= 4 is 45.2 Å². The monoisotopic (exact) mass is 437 g/mol. The minimum absolute atomic E-state index is 0.00846. The quantitative estimate of drug-likeness (QED) is 0.630. The van der Waals surface area contributed by atoms with Gasteiger partial charge in [-0.2, -0.15) is 13.2 Å². The molecule has 0 bridgehead atoms. The van der Waals surface area contributed by atoms with Crippen molar-refractivity contribution in [3.8, 4) is 0 Å². The standard InChI is InChI=1S/C14H11ClF3N5O4S/c1-7-6-10(15)21-12(19-7)22-13(25)23-28(26,27)9-5-3-2-4-8(9)20-11(24)14(16,17)18/h2-6H,1H3,(H,20,24)(H2,19,21,22,23,25). The highest BCUT2D eigenvalue weighted by molar-refractivity contribution is 7.90. The van der Waals surface area contributed by atoms with Crippen molar-refractivity contribution in [3.05, 3.63) is 41.2 Å². The Kier molecular flexibility index (Phi) is 6.09. The summed E-state index contributed by atoms with van der Waals surface area (Å²) in [5, 5.41) is 3.46. The van der Waals surface area contributed by atoms with Crippen molar-refractivity contribution in [3.63, 3.8) is 0 Å². The molecule has 0 unspecified atom stereocenters. The largest absolute Gasteiger partial charge is 0.471 e. The molecule has 2 rings (SSSR count). The SMILES string of the molecule is Cc1cc(Cl)nc(NC(=O)NS(=O)(=O)c2ccccc2NC(=O)C(F)(F)F)n1. The molecule has 150 valence electrons. The lowest BCUT2D eigenvalue weighted by molar-refractivity contribution is -0.167. The van der Waals surface area contributed by atoms with Crippen LogP contribution in [0.1, 0.15) is 5.69 Å². The smallest absolute Gasteiger partial charge is 0.317 e. The Morgan fingerprint density at radius 3 is 2.36 bits per heavy atom. The van der Waals surface area contributed by atoms with Gasteiger partial charge in [0.05, 0.1) is 5.69 Å². The van der Waals surface area contributed by atoms with Crippen LogP contribution in [0.3, 0.4) is 0 Å². The number of halogens is 4. The fourth-order valence-corrected chi connectivity index (χ4v) is 3.20. The number of sulfonamides is 1. The number of alkyl halides is 3. The number of carbonyl (C=O) groups excluding carboxylic acids is 2. The first-order valence-corrected chi connectivity index (χ1v) is 9.07. The summed E-state index contributed by atoms with van der Waals surface area (Å²) in [6.45, 7) is 1.55. The number of carbonyl (C=O) groups is 2. The van der Waals surface area contributed by atoms with Crippen LogP contribution >= 0.6 is 11.6 Å². The van der Waals surface area contributed by atoms with Crippen molar-refractivity contribution < 1.29 is 31.2 Å². The molecule has 1 heterocycles. The van der Waals surface area contributed by atoms with Gasteiger partial charge in [0.2, 0.25) is 5.95 Å². The summed E-state index contributed by atoms with van der Waals surface area (Å²) in [5.74, 6) is -2.67. The van der Waals surface area contributed by atoms with Crippen LogP contribution in [0.25, 0.3) is 0 Å². The van der Waals surface area contributed by atoms with E-state index in [1.165, 1.54) is 23.5 Å². The van der Waals surface area contributed by atoms with Crippen LogP contribution in [0.2, 0.25) is 5.15 Å². The van der Waals surface area contributed by atoms with Gasteiger partial charge in [0, 0.05) is 5.69 Å². The maximum Gasteiger partial charge on any atom is 0.471 e. The van der Waals surface area contributed by atoms with E-state index in [2.05, 4.69) is 9.97 Å². The van der Waals surface area contributed by atoms with Gasteiger partial charge < -0.3 is 5.32 Å². The van der Waals surface area contributed by atoms with Crippen LogP contribution in [0.4, 0.5) is 29.6 Å². The van der Waals surface area contributed by atoms with Crippen molar-refractivity contribution in [1.29, 1.82) is 0 Å². The maximum atomic E-state index is 12.4. The Morgan fingerprint density at radius 2 is 1.75 bits per heavy atom. The van der Waals surface area contributed by atoms with Gasteiger partial charge >= 0.3 is 18.1 Å². The lowest BCUT2D eigenvalue weighted by atomic mass is 10.3. The lowest BCUT2D eigenvalue weighted by Gasteiger charge is -2.13. The summed E-state index contributed by atoms with van der Waals surface area (Å²) in [4.78, 5) is 29.7. The molecule has 28 heavy (non-hydrogen) atoms. The molecule has 1 aromatic heterocycles. The first-order chi connectivity index (χ1) is 12.9. The lowest BCUT2D eigenvalue weighted by Crippen LogP contribution is -2.36. The average Bonchev–Trinajstić information content (AvgIpc) is 2.52. The Balaban J connectivity index is 2.22. The molecule has 0 saturated carbocycles. The Morgan fingerprint density at radius 1 is 1.11 bits per heavy atom. The molecule has 3 amide bonds. The zero-order chi connectivity index (χ0) is 21.1. The van der Waals surface area contributed by atoms with E-state index >= 15 is 0 Å². The number of benzene rings is 1. The number of hydrogen-bond donors (Lipinski definition) is 3. The molecule has 9 nitrogen and oxygen atoms in total. The number of rotatable bonds is 4. The predicted molar refractivity (Wildman–Crippen MR) is 92.2 cm³/mol. The van der Waals surface area contributed by atoms with Crippen LogP contribution in [-0.4, -0.2) is 36.5 Å². The summed E-state index contributed by atoms with van der Waals surface area (Å²) in [5.41, 5.74) is -0.279. The molecule has 14 heteroatoms. The van der Waals surface area contributed by atoms with Crippen molar-refractivity contribution in [2.75, 3.05) is 10.6 Å². The van der Waals surface area contributed by atoms with E-state index in [9.17, 15) is 31.2 Å². The number of hydrogen-bond acceptors (Lipinski definition) is 6. The van der Waals surface area contributed by atoms with Crippen LogP contribution in [-0.2, 0) is 14.8 Å². The Hall–Kier alpha value is -2.93. The molecule has 0 radical (unpaired) electrons. The van der Waals surface area contributed by atoms with Gasteiger partial charge in [0.1, 0.15) is 10.0 Å². The molecule has 0 aliphatic heterocycles. The van der Waals surface area contributed by atoms with Gasteiger partial charge in [0.15, 0.2) is 0 Å². The number of urea groups is 1. The van der Waals surface area contributed by atoms with Gasteiger partial charge in [-0.25, -0.2) is 27.9 Å². The average molecular weight is 438 g/mol. The van der Waals surface area contributed by atoms with E-state index < -0.39 is 38.7 Å². The topological polar surface area (TPSA) is 130 Å². The predicted octanol–water partition coefficient (Wildman–Crippen LogP) is 2.45. The van der Waals surface area contributed by atoms with Crippen molar-refractivity contribution in [2.24, 2.45) is 0 Å². The van der Waals surface area contributed by atoms with E-state index in [0.29, 0.717) is 5.69 Å². The van der Waals surface area contributed by atoms with Gasteiger partial charge in [-0.1, -0.05) is 23.7 Å². The second kappa shape index (κ2) is 7.98. The third-order valence-corrected chi connectivity index (χ3v) is 4.54. The highest BCUT2D eigenvalue weighted by atomic mass is 35.5. The number of aromatic nitrogens is 2. The molecular weight excluding hydrogens is 427 g/mol. The zero-order valence-corrected chi connectivity index (χ0v) is 15.4. The number of aryl methyl sites for hydroxylation is 1. The fraction of sp³-hybridized carbons (Fsp3) is 0.143. The second-order valence-electron chi connectivity index (χ2n) is 5.16. The van der Waals surface area contributed by atoms with Crippen molar-refractivity contribution in [2.45, 2.75) is 18.0 Å². The number of nitrogens with one attached hydrogen (secondary N) is 3. The van der Waals surface area contributed by atoms with E-state index in [1.807, 2.05) is 5.32 Å². The minimum atomic E-state index is -5.23. The number of nitrogens with zero attached hydrogens (tertiary/aromatic N) is 2. The highest BCUT2D eigenvalue weighted by Gasteiger charge is 2.39. The summed E-state index contributed by atoms with van der Waals surface area (Å²) < 4.78 is 63.5. The molecule has 1 aromatic carbocycles. The third kappa shape index (κ3) is 5.53. The zero-order valence-electron chi connectivity index (χ0n) is 13.8. The van der Waals surface area contributed by atoms with Crippen molar-refractivity contribution in [1.82, 2.24) is 14.7 Å². The summed E-state index contributed by atoms with van der Waals surface area (Å²) in [6, 6.07) is 4.33. The minimum Gasteiger partial charge on any atom is -0.317 e. The molecule has 0 aliphatic carbocycles. The highest BCUT2D eigenvalue weighted by Crippen LogP contribution is 2.24. The van der Waals surface area contributed by atoms with Gasteiger partial charge in [-0.05, 0) is 25.1 Å². The van der Waals surface area contributed by atoms with E-state index in [4.69, 9.17) is 11.6 Å². The number of para-hydroxylation sites is 1. The first-order valence-electron chi connectivity index (χ1n) is 7.20. The molecule has 3 N–H and O–H groups in total. The molecule has 2 aromatic rings. The summed E-state index contributed by atoms with van der Waals surface area (Å²) in [7, 11) is -4.65. The molecule has 0 aliphatic rings. The number of amides is 3. The van der Waals surface area contributed by atoms with Crippen LogP contribution < -0.4 is 15.4 Å². The molecule has 0 spiro atoms. The molecule has 0 fully saturated rings. The third-order valence-electron chi connectivity index (χ3n) is 2.96.